The van der Waals surface area contributed by atoms with Crippen LogP contribution in [0.4, 0.5) is 4.79 Å². The molecule has 0 unspecified atom stereocenters. The fourth-order valence-electron chi connectivity index (χ4n) is 1.55. The van der Waals surface area contributed by atoms with E-state index in [2.05, 4.69) is 10.8 Å². The first-order chi connectivity index (χ1) is 7.33. The summed E-state index contributed by atoms with van der Waals surface area (Å²) in [5.74, 6) is 2.68. The topological polar surface area (TPSA) is 32.8 Å². The fourth-order valence-corrected chi connectivity index (χ4v) is 1.55. The van der Waals surface area contributed by atoms with Gasteiger partial charge in [0.2, 0.25) is 0 Å². The minimum absolute atomic E-state index is 0.0127. The van der Waals surface area contributed by atoms with Crippen molar-refractivity contribution in [2.24, 2.45) is 0 Å². The zero-order valence-electron chi connectivity index (χ0n) is 10.5. The molecule has 4 heteroatoms. The van der Waals surface area contributed by atoms with Gasteiger partial charge in [-0.3, -0.25) is 4.90 Å². The average Bonchev–Trinajstić information content (AvgIpc) is 2.15. The predicted molar refractivity (Wildman–Crippen MR) is 63.1 cm³/mol. The number of nitrogens with zero attached hydrogens (tertiary/aromatic N) is 2. The number of amides is 1. The van der Waals surface area contributed by atoms with Gasteiger partial charge in [0.25, 0.3) is 0 Å². The fraction of sp³-hybridized carbons (Fsp3) is 0.750. The Balaban J connectivity index is 2.56. The van der Waals surface area contributed by atoms with E-state index < -0.39 is 5.60 Å². The van der Waals surface area contributed by atoms with Crippen LogP contribution < -0.4 is 0 Å². The van der Waals surface area contributed by atoms with Crippen LogP contribution in [0.1, 0.15) is 20.8 Å². The maximum atomic E-state index is 11.8. The van der Waals surface area contributed by atoms with Crippen LogP contribution in [-0.4, -0.2) is 54.2 Å². The van der Waals surface area contributed by atoms with Crippen molar-refractivity contribution in [3.05, 3.63) is 0 Å². The summed E-state index contributed by atoms with van der Waals surface area (Å²) < 4.78 is 5.31. The van der Waals surface area contributed by atoms with Crippen molar-refractivity contribution in [3.8, 4) is 12.3 Å². The van der Waals surface area contributed by atoms with E-state index >= 15 is 0 Å². The number of hydrogen-bond acceptors (Lipinski definition) is 3. The van der Waals surface area contributed by atoms with Crippen LogP contribution in [0, 0.1) is 12.3 Å². The van der Waals surface area contributed by atoms with E-state index in [-0.39, 0.29) is 12.1 Å². The summed E-state index contributed by atoms with van der Waals surface area (Å²) >= 11 is 0. The number of rotatable bonds is 0. The molecular formula is C12H20N2O2. The van der Waals surface area contributed by atoms with Gasteiger partial charge in [-0.25, -0.2) is 4.79 Å². The summed E-state index contributed by atoms with van der Waals surface area (Å²) in [5, 5.41) is 0. The van der Waals surface area contributed by atoms with Crippen molar-refractivity contribution in [1.29, 1.82) is 0 Å². The van der Waals surface area contributed by atoms with Gasteiger partial charge in [-0.15, -0.1) is 6.42 Å². The minimum atomic E-state index is -0.452. The molecule has 0 bridgehead atoms. The second-order valence-corrected chi connectivity index (χ2v) is 5.09. The smallest absolute Gasteiger partial charge is 0.410 e. The molecule has 0 aromatic rings. The lowest BCUT2D eigenvalue weighted by molar-refractivity contribution is 0.0123. The molecule has 90 valence electrons. The third kappa shape index (κ3) is 3.42. The monoisotopic (exact) mass is 224 g/mol. The van der Waals surface area contributed by atoms with Crippen LogP contribution in [0.15, 0.2) is 0 Å². The molecule has 0 aromatic carbocycles. The number of ether oxygens (including phenoxy) is 1. The maximum absolute atomic E-state index is 11.8. The molecule has 0 aromatic heterocycles. The van der Waals surface area contributed by atoms with Gasteiger partial charge in [0.15, 0.2) is 0 Å². The highest BCUT2D eigenvalue weighted by Gasteiger charge is 2.29. The Morgan fingerprint density at radius 2 is 2.06 bits per heavy atom. The van der Waals surface area contributed by atoms with Gasteiger partial charge < -0.3 is 9.64 Å². The number of carbonyl (C=O) groups is 1. The molecule has 1 aliphatic rings. The second-order valence-electron chi connectivity index (χ2n) is 5.09. The first-order valence-electron chi connectivity index (χ1n) is 5.48. The van der Waals surface area contributed by atoms with Crippen molar-refractivity contribution >= 4 is 6.09 Å². The van der Waals surface area contributed by atoms with Gasteiger partial charge in [-0.1, -0.05) is 5.92 Å². The summed E-state index contributed by atoms with van der Waals surface area (Å²) in [6.07, 6.45) is 5.14. The molecule has 1 heterocycles. The van der Waals surface area contributed by atoms with Gasteiger partial charge in [0, 0.05) is 13.1 Å². The van der Waals surface area contributed by atoms with E-state index in [1.165, 1.54) is 0 Å². The highest BCUT2D eigenvalue weighted by atomic mass is 16.6. The molecule has 16 heavy (non-hydrogen) atoms. The summed E-state index contributed by atoms with van der Waals surface area (Å²) in [5.41, 5.74) is -0.452. The van der Waals surface area contributed by atoms with Crippen LogP contribution in [-0.2, 0) is 4.74 Å². The number of hydrogen-bond donors (Lipinski definition) is 0. The number of terminal acetylenes is 1. The Labute approximate surface area is 97.5 Å². The van der Waals surface area contributed by atoms with Gasteiger partial charge in [0.1, 0.15) is 5.60 Å². The lowest BCUT2D eigenvalue weighted by Crippen LogP contribution is -2.53. The Morgan fingerprint density at radius 1 is 1.44 bits per heavy atom. The third-order valence-electron chi connectivity index (χ3n) is 2.49. The van der Waals surface area contributed by atoms with Crippen LogP contribution in [0.2, 0.25) is 0 Å². The molecule has 0 saturated carbocycles. The zero-order valence-corrected chi connectivity index (χ0v) is 10.5. The van der Waals surface area contributed by atoms with Gasteiger partial charge >= 0.3 is 6.09 Å². The number of piperazine rings is 1. The van der Waals surface area contributed by atoms with E-state index in [0.717, 1.165) is 6.54 Å². The van der Waals surface area contributed by atoms with Crippen molar-refractivity contribution in [2.75, 3.05) is 26.7 Å². The van der Waals surface area contributed by atoms with Gasteiger partial charge in [-0.2, -0.15) is 0 Å². The predicted octanol–water partition coefficient (Wildman–Crippen LogP) is 1.17. The van der Waals surface area contributed by atoms with Gasteiger partial charge in [0.05, 0.1) is 12.6 Å². The quantitative estimate of drug-likeness (QED) is 0.579. The molecule has 1 amide bonds. The normalized spacial score (nSPS) is 22.7. The summed E-state index contributed by atoms with van der Waals surface area (Å²) in [6, 6.07) is -0.0127. The highest BCUT2D eigenvalue weighted by molar-refractivity contribution is 5.68. The lowest BCUT2D eigenvalue weighted by atomic mass is 10.2. The molecule has 1 fully saturated rings. The standard InChI is InChI=1S/C12H20N2O2/c1-6-10-9-14(8-7-13(10)5)11(15)16-12(2,3)4/h1,10H,7-9H2,2-5H3/t10-/m1/s1. The largest absolute Gasteiger partial charge is 0.444 e. The summed E-state index contributed by atoms with van der Waals surface area (Å²) in [7, 11) is 1.97. The van der Waals surface area contributed by atoms with E-state index in [0.29, 0.717) is 13.1 Å². The highest BCUT2D eigenvalue weighted by Crippen LogP contribution is 2.13. The zero-order chi connectivity index (χ0) is 12.3. The first kappa shape index (κ1) is 12.9. The van der Waals surface area contributed by atoms with Crippen LogP contribution in [0.3, 0.4) is 0 Å². The molecule has 1 aliphatic heterocycles. The molecule has 0 radical (unpaired) electrons. The lowest BCUT2D eigenvalue weighted by Gasteiger charge is -2.37. The van der Waals surface area contributed by atoms with Crippen LogP contribution >= 0.6 is 0 Å². The molecule has 0 spiro atoms. The van der Waals surface area contributed by atoms with E-state index in [4.69, 9.17) is 11.2 Å². The molecule has 4 nitrogen and oxygen atoms in total. The van der Waals surface area contributed by atoms with E-state index in [1.807, 2.05) is 27.8 Å². The molecule has 0 N–H and O–H groups in total. The first-order valence-corrected chi connectivity index (χ1v) is 5.48. The summed E-state index contributed by atoms with van der Waals surface area (Å²) in [4.78, 5) is 15.5. The van der Waals surface area contributed by atoms with Gasteiger partial charge in [-0.05, 0) is 27.8 Å². The molecule has 1 saturated heterocycles. The molecule has 0 aliphatic carbocycles. The van der Waals surface area contributed by atoms with E-state index in [1.54, 1.807) is 4.90 Å². The van der Waals surface area contributed by atoms with Crippen molar-refractivity contribution in [2.45, 2.75) is 32.4 Å². The molecule has 1 atom stereocenters. The Bertz CT molecular complexity index is 301. The van der Waals surface area contributed by atoms with Crippen molar-refractivity contribution in [1.82, 2.24) is 9.80 Å². The molecule has 1 rings (SSSR count). The average molecular weight is 224 g/mol. The van der Waals surface area contributed by atoms with Crippen LogP contribution in [0.25, 0.3) is 0 Å². The third-order valence-corrected chi connectivity index (χ3v) is 2.49. The molecular weight excluding hydrogens is 204 g/mol. The summed E-state index contributed by atoms with van der Waals surface area (Å²) in [6.45, 7) is 7.58. The Kier molecular flexibility index (Phi) is 3.82. The van der Waals surface area contributed by atoms with Crippen molar-refractivity contribution < 1.29 is 9.53 Å². The number of likely N-dealkylation sites (N-methyl/N-ethyl adjacent to an activating group) is 1. The van der Waals surface area contributed by atoms with E-state index in [9.17, 15) is 4.79 Å². The number of carbonyl (C=O) groups excluding carboxylic acids is 1. The maximum Gasteiger partial charge on any atom is 0.410 e. The SMILES string of the molecule is C#C[C@@H]1CN(C(=O)OC(C)(C)C)CCN1C. The Hall–Kier alpha value is -1.21. The van der Waals surface area contributed by atoms with Crippen molar-refractivity contribution in [3.63, 3.8) is 0 Å². The second kappa shape index (κ2) is 4.75. The van der Waals surface area contributed by atoms with Crippen LogP contribution in [0.5, 0.6) is 0 Å². The minimum Gasteiger partial charge on any atom is -0.444 e. The Morgan fingerprint density at radius 3 is 2.56 bits per heavy atom.